The maximum Gasteiger partial charge on any atom is 0.242 e. The molecule has 1 N–H and O–H groups in total. The lowest BCUT2D eigenvalue weighted by atomic mass is 10.1. The Morgan fingerprint density at radius 1 is 1.00 bits per heavy atom. The smallest absolute Gasteiger partial charge is 0.242 e. The molecule has 2 rings (SSSR count). The van der Waals surface area contributed by atoms with Gasteiger partial charge in [-0.25, -0.2) is 8.42 Å². The van der Waals surface area contributed by atoms with Gasteiger partial charge in [-0.15, -0.1) is 0 Å². The first kappa shape index (κ1) is 28.4. The molecule has 2 aromatic rings. The van der Waals surface area contributed by atoms with Crippen LogP contribution in [-0.4, -0.2) is 50.0 Å². The van der Waals surface area contributed by atoms with Crippen LogP contribution in [0, 0.1) is 13.8 Å². The lowest BCUT2D eigenvalue weighted by molar-refractivity contribution is -0.140. The second-order valence-electron chi connectivity index (χ2n) is 9.21. The molecule has 0 aliphatic heterocycles. The Labute approximate surface area is 210 Å². The van der Waals surface area contributed by atoms with Gasteiger partial charge in [0.1, 0.15) is 6.04 Å². The molecule has 7 nitrogen and oxygen atoms in total. The van der Waals surface area contributed by atoms with E-state index in [1.54, 1.807) is 17.9 Å². The van der Waals surface area contributed by atoms with Gasteiger partial charge in [0.15, 0.2) is 0 Å². The number of carbonyl (C=O) groups excluding carboxylic acids is 2. The van der Waals surface area contributed by atoms with Crippen molar-refractivity contribution in [2.45, 2.75) is 72.5 Å². The highest BCUT2D eigenvalue weighted by Gasteiger charge is 2.27. The fraction of sp³-hybridized carbons (Fsp3) is 0.481. The first-order chi connectivity index (χ1) is 16.4. The predicted molar refractivity (Wildman–Crippen MR) is 142 cm³/mol. The largest absolute Gasteiger partial charge is 0.352 e. The summed E-state index contributed by atoms with van der Waals surface area (Å²) in [6.45, 7) is 10.1. The molecule has 0 heterocycles. The Hall–Kier alpha value is -2.87. The minimum absolute atomic E-state index is 0.0138. The van der Waals surface area contributed by atoms with Gasteiger partial charge in [-0.2, -0.15) is 0 Å². The average molecular weight is 502 g/mol. The summed E-state index contributed by atoms with van der Waals surface area (Å²) in [6, 6.07) is 14.4. The number of hydrogen-bond acceptors (Lipinski definition) is 4. The van der Waals surface area contributed by atoms with Gasteiger partial charge in [0, 0.05) is 25.6 Å². The molecule has 2 amide bonds. The van der Waals surface area contributed by atoms with Crippen LogP contribution in [0.4, 0.5) is 5.69 Å². The van der Waals surface area contributed by atoms with E-state index in [1.807, 2.05) is 70.2 Å². The van der Waals surface area contributed by atoms with Crippen molar-refractivity contribution in [1.82, 2.24) is 10.2 Å². The number of nitrogens with zero attached hydrogens (tertiary/aromatic N) is 2. The Morgan fingerprint density at radius 2 is 1.66 bits per heavy atom. The maximum absolute atomic E-state index is 13.3. The van der Waals surface area contributed by atoms with Gasteiger partial charge in [-0.3, -0.25) is 13.9 Å². The Kier molecular flexibility index (Phi) is 10.3. The lowest BCUT2D eigenvalue weighted by Gasteiger charge is -2.30. The number of sulfonamides is 1. The third-order valence-corrected chi connectivity index (χ3v) is 7.49. The molecule has 0 aliphatic rings. The number of rotatable bonds is 12. The van der Waals surface area contributed by atoms with Crippen molar-refractivity contribution in [2.75, 3.05) is 17.1 Å². The minimum atomic E-state index is -3.52. The van der Waals surface area contributed by atoms with Gasteiger partial charge >= 0.3 is 0 Å². The van der Waals surface area contributed by atoms with Crippen molar-refractivity contribution in [3.63, 3.8) is 0 Å². The van der Waals surface area contributed by atoms with Crippen LogP contribution in [0.2, 0.25) is 0 Å². The van der Waals surface area contributed by atoms with Crippen molar-refractivity contribution in [3.05, 3.63) is 65.2 Å². The SMILES string of the molecule is CC[C@H](C)NC(=O)[C@@H](C)N(Cc1ccccc1)C(=O)CCCN(c1ccc(C)c(C)c1)S(C)(=O)=O. The summed E-state index contributed by atoms with van der Waals surface area (Å²) in [7, 11) is -3.52. The van der Waals surface area contributed by atoms with Gasteiger partial charge in [-0.05, 0) is 69.4 Å². The van der Waals surface area contributed by atoms with Crippen molar-refractivity contribution in [1.29, 1.82) is 0 Å². The quantitative estimate of drug-likeness (QED) is 0.473. The highest BCUT2D eigenvalue weighted by Crippen LogP contribution is 2.22. The molecule has 0 saturated carbocycles. The summed E-state index contributed by atoms with van der Waals surface area (Å²) >= 11 is 0. The van der Waals surface area contributed by atoms with E-state index in [0.717, 1.165) is 23.1 Å². The fourth-order valence-corrected chi connectivity index (χ4v) is 4.67. The van der Waals surface area contributed by atoms with Crippen LogP contribution in [0.25, 0.3) is 0 Å². The van der Waals surface area contributed by atoms with Gasteiger partial charge in [0.2, 0.25) is 21.8 Å². The maximum atomic E-state index is 13.3. The normalized spacial score (nSPS) is 13.1. The monoisotopic (exact) mass is 501 g/mol. The molecule has 2 aromatic carbocycles. The topological polar surface area (TPSA) is 86.8 Å². The minimum Gasteiger partial charge on any atom is -0.352 e. The third kappa shape index (κ3) is 8.38. The molecule has 0 aliphatic carbocycles. The van der Waals surface area contributed by atoms with Crippen molar-refractivity contribution < 1.29 is 18.0 Å². The molecular formula is C27H39N3O4S. The highest BCUT2D eigenvalue weighted by molar-refractivity contribution is 7.92. The van der Waals surface area contributed by atoms with Gasteiger partial charge in [0.25, 0.3) is 0 Å². The molecule has 0 spiro atoms. The first-order valence-electron chi connectivity index (χ1n) is 12.1. The van der Waals surface area contributed by atoms with Crippen LogP contribution >= 0.6 is 0 Å². The molecule has 0 radical (unpaired) electrons. The fourth-order valence-electron chi connectivity index (χ4n) is 3.71. The average Bonchev–Trinajstić information content (AvgIpc) is 2.81. The summed E-state index contributed by atoms with van der Waals surface area (Å²) < 4.78 is 26.3. The van der Waals surface area contributed by atoms with Gasteiger partial charge in [-0.1, -0.05) is 43.3 Å². The molecule has 8 heteroatoms. The molecule has 0 fully saturated rings. The standard InChI is InChI=1S/C27H39N3O4S/c1-7-22(4)28-27(32)23(5)29(19-24-12-9-8-10-13-24)26(31)14-11-17-30(35(6,33)34)25-16-15-20(2)21(3)18-25/h8-10,12-13,15-16,18,22-23H,7,11,14,17,19H2,1-6H3,(H,28,32)/t22-,23+/m0/s1. The summed E-state index contributed by atoms with van der Waals surface area (Å²) in [5, 5.41) is 2.96. The zero-order valence-corrected chi connectivity index (χ0v) is 22.6. The van der Waals surface area contributed by atoms with Crippen molar-refractivity contribution in [3.8, 4) is 0 Å². The van der Waals surface area contributed by atoms with E-state index in [1.165, 1.54) is 10.6 Å². The van der Waals surface area contributed by atoms with Crippen LogP contribution in [0.3, 0.4) is 0 Å². The van der Waals surface area contributed by atoms with E-state index >= 15 is 0 Å². The summed E-state index contributed by atoms with van der Waals surface area (Å²) in [5.74, 6) is -0.384. The molecule has 35 heavy (non-hydrogen) atoms. The number of carbonyl (C=O) groups is 2. The van der Waals surface area contributed by atoms with Gasteiger partial charge < -0.3 is 10.2 Å². The lowest BCUT2D eigenvalue weighted by Crippen LogP contribution is -2.49. The number of anilines is 1. The Morgan fingerprint density at radius 3 is 2.23 bits per heavy atom. The number of benzene rings is 2. The highest BCUT2D eigenvalue weighted by atomic mass is 32.2. The van der Waals surface area contributed by atoms with E-state index in [0.29, 0.717) is 18.7 Å². The van der Waals surface area contributed by atoms with Crippen LogP contribution in [0.15, 0.2) is 48.5 Å². The van der Waals surface area contributed by atoms with Crippen LogP contribution in [0.5, 0.6) is 0 Å². The van der Waals surface area contributed by atoms with Crippen molar-refractivity contribution in [2.24, 2.45) is 0 Å². The van der Waals surface area contributed by atoms with Crippen molar-refractivity contribution >= 4 is 27.5 Å². The molecule has 2 atom stereocenters. The Bertz CT molecular complexity index is 1100. The molecule has 0 aromatic heterocycles. The van der Waals surface area contributed by atoms with E-state index in [4.69, 9.17) is 0 Å². The molecule has 0 unspecified atom stereocenters. The van der Waals surface area contributed by atoms with E-state index in [-0.39, 0.29) is 30.8 Å². The number of nitrogens with one attached hydrogen (secondary N) is 1. The molecule has 192 valence electrons. The summed E-state index contributed by atoms with van der Waals surface area (Å²) in [5.41, 5.74) is 3.60. The molecular weight excluding hydrogens is 462 g/mol. The van der Waals surface area contributed by atoms with E-state index in [2.05, 4.69) is 5.32 Å². The molecule has 0 saturated heterocycles. The second kappa shape index (κ2) is 12.7. The first-order valence-corrected chi connectivity index (χ1v) is 14.0. The number of aryl methyl sites for hydroxylation is 2. The van der Waals surface area contributed by atoms with E-state index in [9.17, 15) is 18.0 Å². The summed E-state index contributed by atoms with van der Waals surface area (Å²) in [6.07, 6.45) is 2.44. The number of amides is 2. The van der Waals surface area contributed by atoms with Crippen LogP contribution < -0.4 is 9.62 Å². The van der Waals surface area contributed by atoms with Crippen LogP contribution in [0.1, 0.15) is 56.7 Å². The molecule has 0 bridgehead atoms. The summed E-state index contributed by atoms with van der Waals surface area (Å²) in [4.78, 5) is 27.7. The zero-order valence-electron chi connectivity index (χ0n) is 21.7. The number of hydrogen-bond donors (Lipinski definition) is 1. The Balaban J connectivity index is 2.16. The predicted octanol–water partition coefficient (Wildman–Crippen LogP) is 4.18. The third-order valence-electron chi connectivity index (χ3n) is 6.29. The van der Waals surface area contributed by atoms with E-state index < -0.39 is 16.1 Å². The zero-order chi connectivity index (χ0) is 26.2. The second-order valence-corrected chi connectivity index (χ2v) is 11.1. The van der Waals surface area contributed by atoms with Gasteiger partial charge in [0.05, 0.1) is 11.9 Å². The van der Waals surface area contributed by atoms with Crippen LogP contribution in [-0.2, 0) is 26.2 Å².